The summed E-state index contributed by atoms with van der Waals surface area (Å²) in [6, 6.07) is 14.9. The highest BCUT2D eigenvalue weighted by Gasteiger charge is 2.25. The first-order valence-corrected chi connectivity index (χ1v) is 11.3. The normalized spacial score (nSPS) is 16.2. The maximum atomic E-state index is 12.9. The third kappa shape index (κ3) is 4.51. The van der Waals surface area contributed by atoms with Crippen molar-refractivity contribution in [1.82, 2.24) is 4.90 Å². The minimum atomic E-state index is -0.211. The van der Waals surface area contributed by atoms with Crippen LogP contribution in [0.5, 0.6) is 0 Å². The van der Waals surface area contributed by atoms with Crippen LogP contribution in [0.3, 0.4) is 0 Å². The first-order chi connectivity index (χ1) is 14.6. The van der Waals surface area contributed by atoms with Crippen molar-refractivity contribution in [1.29, 1.82) is 0 Å². The van der Waals surface area contributed by atoms with Crippen LogP contribution >= 0.6 is 11.8 Å². The van der Waals surface area contributed by atoms with Crippen LogP contribution in [0.25, 0.3) is 0 Å². The highest BCUT2D eigenvalue weighted by Crippen LogP contribution is 2.34. The highest BCUT2D eigenvalue weighted by atomic mass is 32.2. The lowest BCUT2D eigenvalue weighted by atomic mass is 10.1. The summed E-state index contributed by atoms with van der Waals surface area (Å²) in [5.41, 5.74) is 1.90. The molecule has 1 fully saturated rings. The van der Waals surface area contributed by atoms with Crippen molar-refractivity contribution in [2.75, 3.05) is 35.6 Å². The minimum Gasteiger partial charge on any atom is -0.339 e. The van der Waals surface area contributed by atoms with Crippen molar-refractivity contribution in [2.45, 2.75) is 30.6 Å². The van der Waals surface area contributed by atoms with Crippen molar-refractivity contribution in [3.8, 4) is 0 Å². The fourth-order valence-corrected chi connectivity index (χ4v) is 4.81. The molecule has 2 aromatic carbocycles. The largest absolute Gasteiger partial charge is 0.339 e. The van der Waals surface area contributed by atoms with Gasteiger partial charge in [0.25, 0.3) is 5.91 Å². The van der Waals surface area contributed by atoms with Gasteiger partial charge in [-0.3, -0.25) is 14.4 Å². The molecule has 0 unspecified atom stereocenters. The van der Waals surface area contributed by atoms with Gasteiger partial charge >= 0.3 is 0 Å². The number of likely N-dealkylation sites (tertiary alicyclic amines) is 1. The molecule has 4 rings (SSSR count). The molecule has 7 heteroatoms. The monoisotopic (exact) mass is 423 g/mol. The quantitative estimate of drug-likeness (QED) is 0.795. The van der Waals surface area contributed by atoms with E-state index >= 15 is 0 Å². The number of para-hydroxylation sites is 2. The first-order valence-electron chi connectivity index (χ1n) is 10.3. The summed E-state index contributed by atoms with van der Waals surface area (Å²) in [6.45, 7) is 1.83. The highest BCUT2D eigenvalue weighted by molar-refractivity contribution is 8.00. The number of rotatable bonds is 5. The van der Waals surface area contributed by atoms with Gasteiger partial charge < -0.3 is 15.1 Å². The Kier molecular flexibility index (Phi) is 6.38. The van der Waals surface area contributed by atoms with Crippen LogP contribution in [0.1, 0.15) is 36.0 Å². The average Bonchev–Trinajstić information content (AvgIpc) is 2.79. The van der Waals surface area contributed by atoms with Gasteiger partial charge in [0.05, 0.1) is 22.7 Å². The Hall–Kier alpha value is -2.80. The Morgan fingerprint density at radius 2 is 1.70 bits per heavy atom. The SMILES string of the molecule is O=C(CCN1C(=O)CSc2ccccc21)Nc1ccccc1C(=O)N1CCCCC1. The number of anilines is 2. The van der Waals surface area contributed by atoms with Crippen LogP contribution in [0, 0.1) is 0 Å². The van der Waals surface area contributed by atoms with Gasteiger partial charge in [-0.1, -0.05) is 24.3 Å². The molecule has 2 aliphatic heterocycles. The summed E-state index contributed by atoms with van der Waals surface area (Å²) in [7, 11) is 0. The molecule has 1 saturated heterocycles. The molecule has 0 radical (unpaired) electrons. The molecule has 0 aliphatic carbocycles. The van der Waals surface area contributed by atoms with Crippen LogP contribution < -0.4 is 10.2 Å². The van der Waals surface area contributed by atoms with E-state index in [-0.39, 0.29) is 24.1 Å². The standard InChI is InChI=1S/C23H25N3O3S/c27-21(12-15-26-19-10-4-5-11-20(19)30-16-22(26)28)24-18-9-3-2-8-17(18)23(29)25-13-6-1-7-14-25/h2-5,8-11H,1,6-7,12-16H2,(H,24,27). The molecule has 0 bridgehead atoms. The molecular formula is C23H25N3O3S. The van der Waals surface area contributed by atoms with E-state index in [0.717, 1.165) is 42.9 Å². The van der Waals surface area contributed by atoms with Crippen molar-refractivity contribution in [3.05, 3.63) is 54.1 Å². The van der Waals surface area contributed by atoms with E-state index in [9.17, 15) is 14.4 Å². The van der Waals surface area contributed by atoms with E-state index in [2.05, 4.69) is 5.32 Å². The van der Waals surface area contributed by atoms with Gasteiger partial charge in [-0.05, 0) is 43.5 Å². The van der Waals surface area contributed by atoms with Crippen molar-refractivity contribution in [2.24, 2.45) is 0 Å². The molecule has 2 aliphatic rings. The number of fused-ring (bicyclic) bond motifs is 1. The van der Waals surface area contributed by atoms with E-state index in [4.69, 9.17) is 0 Å². The maximum absolute atomic E-state index is 12.9. The predicted molar refractivity (Wildman–Crippen MR) is 119 cm³/mol. The third-order valence-electron chi connectivity index (χ3n) is 5.45. The molecule has 3 amide bonds. The summed E-state index contributed by atoms with van der Waals surface area (Å²) < 4.78 is 0. The van der Waals surface area contributed by atoms with Crippen LogP contribution in [0.2, 0.25) is 0 Å². The zero-order valence-corrected chi connectivity index (χ0v) is 17.6. The average molecular weight is 424 g/mol. The van der Waals surface area contributed by atoms with Crippen LogP contribution in [-0.2, 0) is 9.59 Å². The van der Waals surface area contributed by atoms with Gasteiger partial charge in [0.2, 0.25) is 11.8 Å². The van der Waals surface area contributed by atoms with Gasteiger partial charge in [0.15, 0.2) is 0 Å². The number of hydrogen-bond acceptors (Lipinski definition) is 4. The lowest BCUT2D eigenvalue weighted by Crippen LogP contribution is -2.38. The number of carbonyl (C=O) groups is 3. The van der Waals surface area contributed by atoms with E-state index in [0.29, 0.717) is 23.5 Å². The third-order valence-corrected chi connectivity index (χ3v) is 6.49. The molecule has 2 aromatic rings. The molecule has 2 heterocycles. The molecule has 6 nitrogen and oxygen atoms in total. The summed E-state index contributed by atoms with van der Waals surface area (Å²) in [4.78, 5) is 42.5. The van der Waals surface area contributed by atoms with Crippen LogP contribution in [0.4, 0.5) is 11.4 Å². The van der Waals surface area contributed by atoms with Crippen molar-refractivity contribution in [3.63, 3.8) is 0 Å². The second kappa shape index (κ2) is 9.34. The summed E-state index contributed by atoms with van der Waals surface area (Å²) in [5, 5.41) is 2.88. The predicted octanol–water partition coefficient (Wildman–Crippen LogP) is 3.78. The number of benzene rings is 2. The summed E-state index contributed by atoms with van der Waals surface area (Å²) in [6.07, 6.45) is 3.35. The number of nitrogens with zero attached hydrogens (tertiary/aromatic N) is 2. The number of carbonyl (C=O) groups excluding carboxylic acids is 3. The molecule has 0 saturated carbocycles. The molecule has 1 N–H and O–H groups in total. The number of amides is 3. The number of hydrogen-bond donors (Lipinski definition) is 1. The molecular weight excluding hydrogens is 398 g/mol. The second-order valence-electron chi connectivity index (χ2n) is 7.50. The maximum Gasteiger partial charge on any atom is 0.255 e. The second-order valence-corrected chi connectivity index (χ2v) is 8.52. The van der Waals surface area contributed by atoms with Gasteiger partial charge in [0.1, 0.15) is 0 Å². The number of nitrogens with one attached hydrogen (secondary N) is 1. The fourth-order valence-electron chi connectivity index (χ4n) is 3.87. The minimum absolute atomic E-state index is 0.00664. The Labute approximate surface area is 180 Å². The van der Waals surface area contributed by atoms with Gasteiger partial charge in [-0.25, -0.2) is 0 Å². The Morgan fingerprint density at radius 1 is 0.967 bits per heavy atom. The van der Waals surface area contributed by atoms with Gasteiger partial charge in [-0.2, -0.15) is 0 Å². The van der Waals surface area contributed by atoms with E-state index in [1.807, 2.05) is 41.3 Å². The lowest BCUT2D eigenvalue weighted by molar-refractivity contribution is -0.117. The Morgan fingerprint density at radius 3 is 2.53 bits per heavy atom. The van der Waals surface area contributed by atoms with E-state index < -0.39 is 0 Å². The summed E-state index contributed by atoms with van der Waals surface area (Å²) >= 11 is 1.52. The molecule has 30 heavy (non-hydrogen) atoms. The van der Waals surface area contributed by atoms with Crippen LogP contribution in [-0.4, -0.2) is 48.0 Å². The topological polar surface area (TPSA) is 69.7 Å². The Balaban J connectivity index is 1.42. The van der Waals surface area contributed by atoms with Crippen molar-refractivity contribution < 1.29 is 14.4 Å². The molecule has 156 valence electrons. The molecule has 0 spiro atoms. The van der Waals surface area contributed by atoms with Crippen molar-refractivity contribution >= 4 is 40.9 Å². The smallest absolute Gasteiger partial charge is 0.255 e. The molecule has 0 atom stereocenters. The zero-order chi connectivity index (χ0) is 20.9. The Bertz CT molecular complexity index is 956. The van der Waals surface area contributed by atoms with Gasteiger partial charge in [-0.15, -0.1) is 11.8 Å². The molecule has 0 aromatic heterocycles. The van der Waals surface area contributed by atoms with Crippen LogP contribution in [0.15, 0.2) is 53.4 Å². The zero-order valence-electron chi connectivity index (χ0n) is 16.8. The number of thioether (sulfide) groups is 1. The lowest BCUT2D eigenvalue weighted by Gasteiger charge is -2.29. The van der Waals surface area contributed by atoms with Gasteiger partial charge in [0, 0.05) is 31.0 Å². The number of piperidine rings is 1. The summed E-state index contributed by atoms with van der Waals surface area (Å²) in [5.74, 6) is 0.138. The first kappa shape index (κ1) is 20.5. The van der Waals surface area contributed by atoms with E-state index in [1.54, 1.807) is 17.0 Å². The van der Waals surface area contributed by atoms with E-state index in [1.165, 1.54) is 11.8 Å². The fraction of sp³-hybridized carbons (Fsp3) is 0.348.